The zero-order valence-corrected chi connectivity index (χ0v) is 12.4. The molecular weight excluding hydrogens is 260 g/mol. The molecule has 1 amide bonds. The fourth-order valence-corrected chi connectivity index (χ4v) is 1.86. The van der Waals surface area contributed by atoms with Crippen LogP contribution in [0, 0.1) is 0 Å². The minimum Gasteiger partial charge on any atom is -0.493 e. The van der Waals surface area contributed by atoms with Crippen molar-refractivity contribution in [3.8, 4) is 17.2 Å². The summed E-state index contributed by atoms with van der Waals surface area (Å²) >= 11 is 0. The Kier molecular flexibility index (Phi) is 6.11. The molecular formula is C14H22N2O4. The number of nitrogens with one attached hydrogen (secondary N) is 1. The maximum atomic E-state index is 11.6. The van der Waals surface area contributed by atoms with Gasteiger partial charge in [0, 0.05) is 24.6 Å². The number of rotatable bonds is 7. The molecule has 0 spiro atoms. The van der Waals surface area contributed by atoms with E-state index in [-0.39, 0.29) is 18.4 Å². The molecule has 1 rings (SSSR count). The van der Waals surface area contributed by atoms with Crippen molar-refractivity contribution in [3.63, 3.8) is 0 Å². The van der Waals surface area contributed by atoms with Crippen molar-refractivity contribution in [2.75, 3.05) is 21.3 Å². The number of carbonyl (C=O) groups excluding carboxylic acids is 1. The number of amides is 1. The lowest BCUT2D eigenvalue weighted by Crippen LogP contribution is -2.29. The number of nitrogens with two attached hydrogens (primary N) is 1. The Bertz CT molecular complexity index is 461. The van der Waals surface area contributed by atoms with E-state index < -0.39 is 0 Å². The summed E-state index contributed by atoms with van der Waals surface area (Å²) in [6.07, 6.45) is 0.287. The highest BCUT2D eigenvalue weighted by Crippen LogP contribution is 2.39. The zero-order chi connectivity index (χ0) is 15.1. The molecule has 1 aromatic carbocycles. The Balaban J connectivity index is 2.87. The van der Waals surface area contributed by atoms with E-state index in [0.717, 1.165) is 5.56 Å². The summed E-state index contributed by atoms with van der Waals surface area (Å²) < 4.78 is 15.8. The average Bonchev–Trinajstić information content (AvgIpc) is 2.42. The highest BCUT2D eigenvalue weighted by Gasteiger charge is 2.16. The van der Waals surface area contributed by atoms with Gasteiger partial charge in [-0.15, -0.1) is 0 Å². The fraction of sp³-hybridized carbons (Fsp3) is 0.500. The first kappa shape index (κ1) is 16.1. The standard InChI is InChI=1S/C14H22N2O4/c1-9(15)7-12(17)16-8-10-5-6-11(18-2)14(20-4)13(10)19-3/h5-6,9H,7-8,15H2,1-4H3,(H,16,17). The molecule has 3 N–H and O–H groups in total. The fourth-order valence-electron chi connectivity index (χ4n) is 1.86. The van der Waals surface area contributed by atoms with Crippen LogP contribution in [-0.4, -0.2) is 33.3 Å². The summed E-state index contributed by atoms with van der Waals surface area (Å²) in [5, 5.41) is 2.80. The average molecular weight is 282 g/mol. The van der Waals surface area contributed by atoms with Crippen molar-refractivity contribution in [1.29, 1.82) is 0 Å². The van der Waals surface area contributed by atoms with E-state index in [1.807, 2.05) is 6.07 Å². The molecule has 0 aliphatic carbocycles. The van der Waals surface area contributed by atoms with E-state index in [9.17, 15) is 4.79 Å². The van der Waals surface area contributed by atoms with Crippen LogP contribution in [0.1, 0.15) is 18.9 Å². The Labute approximate surface area is 119 Å². The van der Waals surface area contributed by atoms with E-state index in [2.05, 4.69) is 5.32 Å². The number of methoxy groups -OCH3 is 3. The van der Waals surface area contributed by atoms with Crippen LogP contribution in [0.4, 0.5) is 0 Å². The SMILES string of the molecule is COc1ccc(CNC(=O)CC(C)N)c(OC)c1OC. The lowest BCUT2D eigenvalue weighted by atomic mass is 10.1. The van der Waals surface area contributed by atoms with E-state index in [4.69, 9.17) is 19.9 Å². The molecule has 0 heterocycles. The van der Waals surface area contributed by atoms with E-state index in [0.29, 0.717) is 23.8 Å². The Morgan fingerprint density at radius 1 is 1.20 bits per heavy atom. The molecule has 0 radical (unpaired) electrons. The summed E-state index contributed by atoms with van der Waals surface area (Å²) in [4.78, 5) is 11.6. The number of carbonyl (C=O) groups is 1. The third-order valence-electron chi connectivity index (χ3n) is 2.77. The van der Waals surface area contributed by atoms with Crippen LogP contribution in [0.25, 0.3) is 0 Å². The molecule has 0 aromatic heterocycles. The number of hydrogen-bond acceptors (Lipinski definition) is 5. The number of benzene rings is 1. The van der Waals surface area contributed by atoms with Crippen LogP contribution in [-0.2, 0) is 11.3 Å². The van der Waals surface area contributed by atoms with Crippen molar-refractivity contribution >= 4 is 5.91 Å². The summed E-state index contributed by atoms with van der Waals surface area (Å²) in [6.45, 7) is 2.13. The second-order valence-electron chi connectivity index (χ2n) is 4.45. The van der Waals surface area contributed by atoms with Gasteiger partial charge in [0.1, 0.15) is 0 Å². The van der Waals surface area contributed by atoms with Crippen molar-refractivity contribution in [2.45, 2.75) is 25.9 Å². The molecule has 6 heteroatoms. The van der Waals surface area contributed by atoms with Gasteiger partial charge in [0.2, 0.25) is 11.7 Å². The lowest BCUT2D eigenvalue weighted by molar-refractivity contribution is -0.121. The zero-order valence-electron chi connectivity index (χ0n) is 12.4. The lowest BCUT2D eigenvalue weighted by Gasteiger charge is -2.16. The third kappa shape index (κ3) is 4.03. The maximum Gasteiger partial charge on any atom is 0.221 e. The molecule has 1 unspecified atom stereocenters. The first-order chi connectivity index (χ1) is 9.53. The van der Waals surface area contributed by atoms with Crippen LogP contribution >= 0.6 is 0 Å². The van der Waals surface area contributed by atoms with Gasteiger partial charge < -0.3 is 25.3 Å². The van der Waals surface area contributed by atoms with Crippen molar-refractivity contribution in [3.05, 3.63) is 17.7 Å². The van der Waals surface area contributed by atoms with Crippen LogP contribution in [0.15, 0.2) is 12.1 Å². The molecule has 0 saturated heterocycles. The van der Waals surface area contributed by atoms with Crippen molar-refractivity contribution in [1.82, 2.24) is 5.32 Å². The normalized spacial score (nSPS) is 11.7. The Morgan fingerprint density at radius 2 is 1.85 bits per heavy atom. The highest BCUT2D eigenvalue weighted by atomic mass is 16.5. The van der Waals surface area contributed by atoms with Gasteiger partial charge in [0.15, 0.2) is 11.5 Å². The molecule has 1 atom stereocenters. The molecule has 112 valence electrons. The number of ether oxygens (including phenoxy) is 3. The van der Waals surface area contributed by atoms with Crippen molar-refractivity contribution < 1.29 is 19.0 Å². The first-order valence-electron chi connectivity index (χ1n) is 6.33. The summed E-state index contributed by atoms with van der Waals surface area (Å²) in [5.74, 6) is 1.54. The van der Waals surface area contributed by atoms with Gasteiger partial charge in [0.05, 0.1) is 21.3 Å². The van der Waals surface area contributed by atoms with Gasteiger partial charge in [-0.1, -0.05) is 0 Å². The second kappa shape index (κ2) is 7.59. The maximum absolute atomic E-state index is 11.6. The van der Waals surface area contributed by atoms with Crippen LogP contribution < -0.4 is 25.3 Å². The van der Waals surface area contributed by atoms with E-state index in [1.165, 1.54) is 0 Å². The van der Waals surface area contributed by atoms with Gasteiger partial charge in [-0.25, -0.2) is 0 Å². The van der Waals surface area contributed by atoms with Gasteiger partial charge in [-0.05, 0) is 19.1 Å². The minimum atomic E-state index is -0.165. The predicted molar refractivity (Wildman–Crippen MR) is 76.2 cm³/mol. The summed E-state index contributed by atoms with van der Waals surface area (Å²) in [7, 11) is 4.64. The smallest absolute Gasteiger partial charge is 0.221 e. The number of hydrogen-bond donors (Lipinski definition) is 2. The monoisotopic (exact) mass is 282 g/mol. The van der Waals surface area contributed by atoms with Gasteiger partial charge in [-0.3, -0.25) is 4.79 Å². The van der Waals surface area contributed by atoms with Crippen LogP contribution in [0.5, 0.6) is 17.2 Å². The highest BCUT2D eigenvalue weighted by molar-refractivity contribution is 5.76. The molecule has 20 heavy (non-hydrogen) atoms. The minimum absolute atomic E-state index is 0.100. The van der Waals surface area contributed by atoms with E-state index in [1.54, 1.807) is 34.3 Å². The molecule has 1 aromatic rings. The third-order valence-corrected chi connectivity index (χ3v) is 2.77. The van der Waals surface area contributed by atoms with Crippen LogP contribution in [0.2, 0.25) is 0 Å². The Hall–Kier alpha value is -1.95. The molecule has 0 aliphatic rings. The molecule has 0 aliphatic heterocycles. The summed E-state index contributed by atoms with van der Waals surface area (Å²) in [6, 6.07) is 3.43. The van der Waals surface area contributed by atoms with Crippen LogP contribution in [0.3, 0.4) is 0 Å². The first-order valence-corrected chi connectivity index (χ1v) is 6.33. The topological polar surface area (TPSA) is 82.8 Å². The van der Waals surface area contributed by atoms with Crippen molar-refractivity contribution in [2.24, 2.45) is 5.73 Å². The van der Waals surface area contributed by atoms with Gasteiger partial charge >= 0.3 is 0 Å². The Morgan fingerprint density at radius 3 is 2.35 bits per heavy atom. The van der Waals surface area contributed by atoms with Gasteiger partial charge in [-0.2, -0.15) is 0 Å². The molecule has 0 fully saturated rings. The van der Waals surface area contributed by atoms with Gasteiger partial charge in [0.25, 0.3) is 0 Å². The predicted octanol–water partition coefficient (Wildman–Crippen LogP) is 1.07. The second-order valence-corrected chi connectivity index (χ2v) is 4.45. The molecule has 0 bridgehead atoms. The van der Waals surface area contributed by atoms with E-state index >= 15 is 0 Å². The summed E-state index contributed by atoms with van der Waals surface area (Å²) in [5.41, 5.74) is 6.39. The molecule has 6 nitrogen and oxygen atoms in total. The largest absolute Gasteiger partial charge is 0.493 e. The molecule has 0 saturated carbocycles. The quantitative estimate of drug-likeness (QED) is 0.781.